The third kappa shape index (κ3) is 2.91. The molecule has 1 aromatic heterocycles. The number of rotatable bonds is 3. The van der Waals surface area contributed by atoms with Crippen molar-refractivity contribution < 1.29 is 14.3 Å². The molecule has 1 heterocycles. The molecule has 2 aromatic rings. The Morgan fingerprint density at radius 3 is 2.80 bits per heavy atom. The standard InChI is InChI=1S/C14H13BrN2O3/c1-8-6-9(15)7-11(16)12(8)20-13-10(14(18)19-2)4-3-5-17-13/h3-7H,16H2,1-2H3. The fourth-order valence-corrected chi connectivity index (χ4v) is 2.32. The van der Waals surface area contributed by atoms with Crippen LogP contribution in [0.2, 0.25) is 0 Å². The second-order valence-corrected chi connectivity index (χ2v) is 5.01. The summed E-state index contributed by atoms with van der Waals surface area (Å²) in [4.78, 5) is 15.7. The summed E-state index contributed by atoms with van der Waals surface area (Å²) in [5.41, 5.74) is 7.47. The number of hydrogen-bond acceptors (Lipinski definition) is 5. The molecule has 0 unspecified atom stereocenters. The van der Waals surface area contributed by atoms with E-state index >= 15 is 0 Å². The SMILES string of the molecule is COC(=O)c1cccnc1Oc1c(C)cc(Br)cc1N. The Morgan fingerprint density at radius 2 is 2.15 bits per heavy atom. The lowest BCUT2D eigenvalue weighted by molar-refractivity contribution is 0.0597. The zero-order valence-electron chi connectivity index (χ0n) is 11.0. The molecule has 0 aliphatic carbocycles. The van der Waals surface area contributed by atoms with E-state index in [1.807, 2.05) is 13.0 Å². The van der Waals surface area contributed by atoms with Gasteiger partial charge >= 0.3 is 5.97 Å². The van der Waals surface area contributed by atoms with E-state index in [0.29, 0.717) is 11.4 Å². The molecule has 104 valence electrons. The summed E-state index contributed by atoms with van der Waals surface area (Å²) in [6.07, 6.45) is 1.53. The van der Waals surface area contributed by atoms with Crippen LogP contribution in [0.25, 0.3) is 0 Å². The number of anilines is 1. The van der Waals surface area contributed by atoms with E-state index < -0.39 is 5.97 Å². The number of aryl methyl sites for hydroxylation is 1. The first-order chi connectivity index (χ1) is 9.52. The fraction of sp³-hybridized carbons (Fsp3) is 0.143. The third-order valence-corrected chi connectivity index (χ3v) is 3.10. The largest absolute Gasteiger partial charge is 0.465 e. The van der Waals surface area contributed by atoms with Crippen LogP contribution in [0.4, 0.5) is 5.69 Å². The molecule has 0 aliphatic rings. The number of halogens is 1. The Balaban J connectivity index is 2.43. The fourth-order valence-electron chi connectivity index (χ4n) is 1.73. The van der Waals surface area contributed by atoms with Crippen molar-refractivity contribution >= 4 is 27.6 Å². The van der Waals surface area contributed by atoms with Gasteiger partial charge in [-0.25, -0.2) is 9.78 Å². The van der Waals surface area contributed by atoms with Crippen molar-refractivity contribution in [3.63, 3.8) is 0 Å². The van der Waals surface area contributed by atoms with Crippen LogP contribution in [0.15, 0.2) is 34.9 Å². The number of nitrogen functional groups attached to an aromatic ring is 1. The lowest BCUT2D eigenvalue weighted by Crippen LogP contribution is -2.06. The van der Waals surface area contributed by atoms with Crippen LogP contribution in [0, 0.1) is 6.92 Å². The van der Waals surface area contributed by atoms with Crippen molar-refractivity contribution in [1.82, 2.24) is 4.98 Å². The van der Waals surface area contributed by atoms with Crippen LogP contribution in [0.1, 0.15) is 15.9 Å². The quantitative estimate of drug-likeness (QED) is 0.687. The minimum absolute atomic E-state index is 0.163. The molecule has 0 aliphatic heterocycles. The Kier molecular flexibility index (Phi) is 4.24. The molecule has 2 N–H and O–H groups in total. The summed E-state index contributed by atoms with van der Waals surface area (Å²) in [5.74, 6) is 0.120. The van der Waals surface area contributed by atoms with Gasteiger partial charge < -0.3 is 15.2 Å². The number of esters is 1. The van der Waals surface area contributed by atoms with E-state index in [9.17, 15) is 4.79 Å². The summed E-state index contributed by atoms with van der Waals surface area (Å²) in [7, 11) is 1.30. The Bertz CT molecular complexity index is 636. The number of benzene rings is 1. The molecule has 0 fully saturated rings. The van der Waals surface area contributed by atoms with Gasteiger partial charge in [0, 0.05) is 10.7 Å². The van der Waals surface area contributed by atoms with Crippen LogP contribution in [-0.2, 0) is 4.74 Å². The maximum Gasteiger partial charge on any atom is 0.343 e. The van der Waals surface area contributed by atoms with Gasteiger partial charge in [0.25, 0.3) is 0 Å². The van der Waals surface area contributed by atoms with Crippen LogP contribution in [0.3, 0.4) is 0 Å². The van der Waals surface area contributed by atoms with Crippen molar-refractivity contribution in [3.05, 3.63) is 46.1 Å². The van der Waals surface area contributed by atoms with E-state index in [1.165, 1.54) is 13.3 Å². The monoisotopic (exact) mass is 336 g/mol. The maximum atomic E-state index is 11.7. The van der Waals surface area contributed by atoms with E-state index in [2.05, 4.69) is 20.9 Å². The minimum atomic E-state index is -0.513. The zero-order chi connectivity index (χ0) is 14.7. The molecule has 0 amide bonds. The highest BCUT2D eigenvalue weighted by molar-refractivity contribution is 9.10. The molecule has 0 atom stereocenters. The number of methoxy groups -OCH3 is 1. The maximum absolute atomic E-state index is 11.7. The van der Waals surface area contributed by atoms with E-state index in [1.54, 1.807) is 18.2 Å². The molecule has 0 radical (unpaired) electrons. The van der Waals surface area contributed by atoms with Gasteiger partial charge in [-0.1, -0.05) is 15.9 Å². The molecule has 0 spiro atoms. The number of carbonyl (C=O) groups is 1. The minimum Gasteiger partial charge on any atom is -0.465 e. The van der Waals surface area contributed by atoms with Gasteiger partial charge in [0.15, 0.2) is 5.75 Å². The number of nitrogens with zero attached hydrogens (tertiary/aromatic N) is 1. The van der Waals surface area contributed by atoms with Gasteiger partial charge in [-0.05, 0) is 36.8 Å². The highest BCUT2D eigenvalue weighted by atomic mass is 79.9. The number of carbonyl (C=O) groups excluding carboxylic acids is 1. The number of aromatic nitrogens is 1. The summed E-state index contributed by atoms with van der Waals surface area (Å²) >= 11 is 3.36. The predicted octanol–water partition coefficient (Wildman–Crippen LogP) is 3.31. The number of pyridine rings is 1. The van der Waals surface area contributed by atoms with Gasteiger partial charge in [-0.2, -0.15) is 0 Å². The first-order valence-corrected chi connectivity index (χ1v) is 6.59. The highest BCUT2D eigenvalue weighted by Gasteiger charge is 2.16. The molecule has 0 saturated heterocycles. The molecule has 0 bridgehead atoms. The van der Waals surface area contributed by atoms with E-state index in [-0.39, 0.29) is 11.4 Å². The first kappa shape index (κ1) is 14.3. The van der Waals surface area contributed by atoms with Gasteiger partial charge in [0.05, 0.1) is 12.8 Å². The summed E-state index contributed by atoms with van der Waals surface area (Å²) < 4.78 is 11.2. The van der Waals surface area contributed by atoms with Crippen LogP contribution in [-0.4, -0.2) is 18.1 Å². The average molecular weight is 337 g/mol. The molecule has 5 nitrogen and oxygen atoms in total. The summed E-state index contributed by atoms with van der Waals surface area (Å²) in [6, 6.07) is 6.81. The number of hydrogen-bond donors (Lipinski definition) is 1. The van der Waals surface area contributed by atoms with Gasteiger partial charge in [-0.15, -0.1) is 0 Å². The lowest BCUT2D eigenvalue weighted by atomic mass is 10.2. The van der Waals surface area contributed by atoms with E-state index in [4.69, 9.17) is 15.2 Å². The predicted molar refractivity (Wildman–Crippen MR) is 78.9 cm³/mol. The molecular weight excluding hydrogens is 324 g/mol. The third-order valence-electron chi connectivity index (χ3n) is 2.64. The first-order valence-electron chi connectivity index (χ1n) is 5.79. The number of ether oxygens (including phenoxy) is 2. The van der Waals surface area contributed by atoms with Crippen molar-refractivity contribution in [2.45, 2.75) is 6.92 Å². The van der Waals surface area contributed by atoms with Crippen LogP contribution >= 0.6 is 15.9 Å². The van der Waals surface area contributed by atoms with Gasteiger partial charge in [0.2, 0.25) is 5.88 Å². The zero-order valence-corrected chi connectivity index (χ0v) is 12.6. The second-order valence-electron chi connectivity index (χ2n) is 4.09. The summed E-state index contributed by atoms with van der Waals surface area (Å²) in [5, 5.41) is 0. The lowest BCUT2D eigenvalue weighted by Gasteiger charge is -2.13. The molecule has 0 saturated carbocycles. The Hall–Kier alpha value is -2.08. The highest BCUT2D eigenvalue weighted by Crippen LogP contribution is 2.34. The van der Waals surface area contributed by atoms with Crippen molar-refractivity contribution in [1.29, 1.82) is 0 Å². The second kappa shape index (κ2) is 5.92. The topological polar surface area (TPSA) is 74.4 Å². The molecule has 2 rings (SSSR count). The molecule has 6 heteroatoms. The van der Waals surface area contributed by atoms with Crippen molar-refractivity contribution in [3.8, 4) is 11.6 Å². The molecular formula is C14H13BrN2O3. The van der Waals surface area contributed by atoms with Gasteiger partial charge in [-0.3, -0.25) is 0 Å². The van der Waals surface area contributed by atoms with E-state index in [0.717, 1.165) is 10.0 Å². The summed E-state index contributed by atoms with van der Waals surface area (Å²) in [6.45, 7) is 1.86. The normalized spacial score (nSPS) is 10.2. The molecule has 20 heavy (non-hydrogen) atoms. The van der Waals surface area contributed by atoms with Gasteiger partial charge in [0.1, 0.15) is 5.56 Å². The number of nitrogens with two attached hydrogens (primary N) is 1. The smallest absolute Gasteiger partial charge is 0.343 e. The van der Waals surface area contributed by atoms with Crippen molar-refractivity contribution in [2.75, 3.05) is 12.8 Å². The van der Waals surface area contributed by atoms with Crippen LogP contribution in [0.5, 0.6) is 11.6 Å². The molecule has 1 aromatic carbocycles. The Labute approximate surface area is 124 Å². The van der Waals surface area contributed by atoms with Crippen LogP contribution < -0.4 is 10.5 Å². The Morgan fingerprint density at radius 1 is 1.40 bits per heavy atom. The van der Waals surface area contributed by atoms with Crippen molar-refractivity contribution in [2.24, 2.45) is 0 Å². The average Bonchev–Trinajstić information content (AvgIpc) is 2.42.